The highest BCUT2D eigenvalue weighted by molar-refractivity contribution is 6.29. The lowest BCUT2D eigenvalue weighted by Gasteiger charge is -2.15. The number of hydrogen-bond donors (Lipinski definition) is 1. The molecule has 0 saturated carbocycles. The zero-order valence-corrected chi connectivity index (χ0v) is 60.2. The molecule has 26 heteroatoms. The van der Waals surface area contributed by atoms with Crippen LogP contribution in [0.25, 0.3) is 70.4 Å². The average Bonchev–Trinajstić information content (AvgIpc) is 1.80. The number of ether oxygens (including phenoxy) is 6. The number of likely N-dealkylation sites (tertiary alicyclic amines) is 2. The summed E-state index contributed by atoms with van der Waals surface area (Å²) >= 11 is 6.05. The van der Waals surface area contributed by atoms with Crippen LogP contribution >= 0.6 is 11.6 Å². The minimum Gasteiger partial charge on any atom is -0.492 e. The van der Waals surface area contributed by atoms with Crippen molar-refractivity contribution in [3.8, 4) is 62.8 Å². The summed E-state index contributed by atoms with van der Waals surface area (Å²) in [7, 11) is 0. The van der Waals surface area contributed by atoms with E-state index in [1.165, 1.54) is 109 Å². The molecule has 0 spiro atoms. The lowest BCUT2D eigenvalue weighted by molar-refractivity contribution is -0.142. The number of nitrogens with one attached hydrogen (secondary N) is 1. The maximum Gasteiger partial charge on any atom is 0.332 e. The molecule has 0 unspecified atom stereocenters. The van der Waals surface area contributed by atoms with E-state index in [1.54, 1.807) is 43.6 Å². The van der Waals surface area contributed by atoms with Crippen LogP contribution in [0, 0.1) is 20.8 Å². The van der Waals surface area contributed by atoms with Crippen LogP contribution in [0.2, 0.25) is 5.15 Å². The SMILES string of the molecule is C/C=C\n1cnc(-c2cc(C)cc(OC(C)C)c2)n1.CC(C)Nc1cc(-c2ncn(/C=C\C(=O)OC(C)C)n2)cc(Cl)n1.Cc1cc(OCCN2CCCC2)cc(-c2ncn(/C=C/C(=O)OC(C)C)n2)c1.Cc1cc(OCCN2CCCC2)cc(-c2ncn(/C=C\C(=O)OC(C)C)n2)c1. The molecule has 2 aliphatic rings. The van der Waals surface area contributed by atoms with E-state index in [4.69, 9.17) is 40.0 Å². The average molecular weight is 1380 g/mol. The number of carbonyl (C=O) groups is 3. The number of aromatic nitrogens is 13. The molecule has 0 radical (unpaired) electrons. The predicted octanol–water partition coefficient (Wildman–Crippen LogP) is 13.1. The summed E-state index contributed by atoms with van der Waals surface area (Å²) in [6.07, 6.45) is 23.4. The third-order valence-corrected chi connectivity index (χ3v) is 14.2. The van der Waals surface area contributed by atoms with Gasteiger partial charge in [-0.1, -0.05) is 17.7 Å². The van der Waals surface area contributed by atoms with Crippen molar-refractivity contribution in [3.63, 3.8) is 0 Å². The van der Waals surface area contributed by atoms with E-state index in [9.17, 15) is 14.4 Å². The zero-order chi connectivity index (χ0) is 71.4. The number of esters is 3. The quantitative estimate of drug-likeness (QED) is 0.0229. The predicted molar refractivity (Wildman–Crippen MR) is 386 cm³/mol. The minimum atomic E-state index is -0.433. The van der Waals surface area contributed by atoms with Crippen LogP contribution in [0.5, 0.6) is 17.2 Å². The number of rotatable bonds is 26. The van der Waals surface area contributed by atoms with E-state index in [-0.39, 0.29) is 30.5 Å². The Bertz CT molecular complexity index is 3850. The molecule has 2 fully saturated rings. The number of allylic oxidation sites excluding steroid dienone is 1. The van der Waals surface area contributed by atoms with Crippen molar-refractivity contribution in [2.24, 2.45) is 0 Å². The summed E-state index contributed by atoms with van der Waals surface area (Å²) in [5.41, 5.74) is 6.77. The number of nitrogens with zero attached hydrogens (tertiary/aromatic N) is 15. The Morgan fingerprint density at radius 2 is 0.808 bits per heavy atom. The lowest BCUT2D eigenvalue weighted by Crippen LogP contribution is -2.25. The summed E-state index contributed by atoms with van der Waals surface area (Å²) in [6.45, 7) is 34.8. The molecule has 5 aromatic heterocycles. The maximum atomic E-state index is 11.6. The van der Waals surface area contributed by atoms with Crippen LogP contribution in [0.4, 0.5) is 5.82 Å². The van der Waals surface area contributed by atoms with Gasteiger partial charge in [-0.3, -0.25) is 9.80 Å². The van der Waals surface area contributed by atoms with Crippen LogP contribution in [0.15, 0.2) is 116 Å². The van der Waals surface area contributed by atoms with Gasteiger partial charge in [0.05, 0.1) is 24.4 Å². The zero-order valence-electron chi connectivity index (χ0n) is 59.4. The first-order valence-corrected chi connectivity index (χ1v) is 33.9. The van der Waals surface area contributed by atoms with Crippen LogP contribution in [-0.2, 0) is 28.6 Å². The lowest BCUT2D eigenvalue weighted by atomic mass is 10.1. The van der Waals surface area contributed by atoms with Gasteiger partial charge in [-0.2, -0.15) is 0 Å². The Labute approximate surface area is 585 Å². The molecule has 0 aliphatic carbocycles. The van der Waals surface area contributed by atoms with Gasteiger partial charge in [-0.15, -0.1) is 20.4 Å². The first-order chi connectivity index (χ1) is 47.4. The molecule has 0 atom stereocenters. The molecule has 1 N–H and O–H groups in total. The third-order valence-electron chi connectivity index (χ3n) is 14.0. The number of anilines is 1. The highest BCUT2D eigenvalue weighted by Gasteiger charge is 2.16. The van der Waals surface area contributed by atoms with Gasteiger partial charge in [0, 0.05) is 84.4 Å². The van der Waals surface area contributed by atoms with Gasteiger partial charge < -0.3 is 33.7 Å². The number of benzene rings is 3. The molecule has 25 nitrogen and oxygen atoms in total. The van der Waals surface area contributed by atoms with E-state index in [2.05, 4.69) is 66.5 Å². The van der Waals surface area contributed by atoms with Gasteiger partial charge in [0.15, 0.2) is 23.3 Å². The van der Waals surface area contributed by atoms with Crippen molar-refractivity contribution < 1.29 is 42.8 Å². The number of carbonyl (C=O) groups excluding carboxylic acids is 3. The molecule has 0 bridgehead atoms. The Kier molecular flexibility index (Phi) is 30.1. The molecule has 528 valence electrons. The van der Waals surface area contributed by atoms with Gasteiger partial charge in [-0.05, 0) is 232 Å². The van der Waals surface area contributed by atoms with Gasteiger partial charge in [0.2, 0.25) is 0 Å². The van der Waals surface area contributed by atoms with Gasteiger partial charge in [0.25, 0.3) is 0 Å². The fourth-order valence-electron chi connectivity index (χ4n) is 10.0. The van der Waals surface area contributed by atoms with Crippen LogP contribution in [0.3, 0.4) is 0 Å². The summed E-state index contributed by atoms with van der Waals surface area (Å²) in [5, 5.41) is 21.0. The molecule has 3 aromatic carbocycles. The highest BCUT2D eigenvalue weighted by atomic mass is 35.5. The van der Waals surface area contributed by atoms with Crippen molar-refractivity contribution in [2.45, 2.75) is 153 Å². The highest BCUT2D eigenvalue weighted by Crippen LogP contribution is 2.28. The van der Waals surface area contributed by atoms with E-state index in [0.717, 1.165) is 69.3 Å². The van der Waals surface area contributed by atoms with Gasteiger partial charge in [-0.25, -0.2) is 58.0 Å². The Morgan fingerprint density at radius 3 is 1.15 bits per heavy atom. The number of aryl methyl sites for hydroxylation is 3. The molecule has 7 heterocycles. The van der Waals surface area contributed by atoms with Crippen molar-refractivity contribution in [1.29, 1.82) is 0 Å². The van der Waals surface area contributed by atoms with Crippen molar-refractivity contribution in [1.82, 2.24) is 73.8 Å². The van der Waals surface area contributed by atoms with Crippen molar-refractivity contribution in [3.05, 3.63) is 138 Å². The number of pyridine rings is 1. The largest absolute Gasteiger partial charge is 0.492 e. The van der Waals surface area contributed by atoms with Crippen LogP contribution in [0.1, 0.15) is 119 Å². The molecule has 2 saturated heterocycles. The molecule has 8 aromatic rings. The summed E-state index contributed by atoms with van der Waals surface area (Å²) in [5.74, 6) is 4.24. The summed E-state index contributed by atoms with van der Waals surface area (Å²) in [6, 6.07) is 21.8. The summed E-state index contributed by atoms with van der Waals surface area (Å²) in [4.78, 5) is 61.0. The maximum absolute atomic E-state index is 11.6. The molecule has 99 heavy (non-hydrogen) atoms. The van der Waals surface area contributed by atoms with Crippen molar-refractivity contribution in [2.75, 3.05) is 57.8 Å². The van der Waals surface area contributed by atoms with Crippen LogP contribution in [-0.4, -0.2) is 175 Å². The molecule has 10 rings (SSSR count). The monoisotopic (exact) mass is 1370 g/mol. The smallest absolute Gasteiger partial charge is 0.332 e. The Hall–Kier alpha value is -9.85. The standard InChI is InChI=1S/2C21H28N4O3.C16H20ClN5O2.C15H19N3O/c2*1-16(2)28-20(26)6-9-25-15-22-21(23-25)18-12-17(3)13-19(14-18)27-11-10-24-7-4-5-8-24;1-10(2)19-14-8-12(7-13(17)20-14)16-18-9-22(21-16)6-5-15(23)24-11(3)4;1-5-6-18-10-16-15(17-18)13-7-12(4)8-14(9-13)19-11(2)3/h2*6,9,12-16H,4-5,7-8,10-11H2,1-3H3;5-11H,1-4H3,(H,19,20);5-11H,1-4H3/b9-6+;9-6-;2*6-5-. The van der Waals surface area contributed by atoms with Gasteiger partial charge >= 0.3 is 17.9 Å². The van der Waals surface area contributed by atoms with E-state index in [1.807, 2.05) is 150 Å². The molecular weight excluding hydrogens is 1280 g/mol. The second-order valence-electron chi connectivity index (χ2n) is 25.0. The van der Waals surface area contributed by atoms with Crippen LogP contribution < -0.4 is 19.5 Å². The summed E-state index contributed by atoms with van der Waals surface area (Å²) < 4.78 is 38.9. The van der Waals surface area contributed by atoms with E-state index < -0.39 is 17.9 Å². The van der Waals surface area contributed by atoms with Crippen molar-refractivity contribution >= 4 is 60.1 Å². The topological polar surface area (TPSA) is 261 Å². The number of hydrogen-bond acceptors (Lipinski definition) is 21. The second kappa shape index (κ2) is 38.9. The fourth-order valence-corrected chi connectivity index (χ4v) is 10.2. The van der Waals surface area contributed by atoms with E-state index >= 15 is 0 Å². The minimum absolute atomic E-state index is 0.153. The fraction of sp³-hybridized carbons (Fsp3) is 0.425. The molecular formula is C73H95ClN16O9. The Morgan fingerprint density at radius 1 is 0.465 bits per heavy atom. The van der Waals surface area contributed by atoms with E-state index in [0.29, 0.717) is 47.5 Å². The third kappa shape index (κ3) is 27.5. The first-order valence-electron chi connectivity index (χ1n) is 33.5. The second-order valence-corrected chi connectivity index (χ2v) is 25.4. The van der Waals surface area contributed by atoms with Gasteiger partial charge in [0.1, 0.15) is 66.7 Å². The molecule has 0 amide bonds. The normalized spacial score (nSPS) is 13.4. The number of halogens is 1. The Balaban J connectivity index is 0.000000187. The molecule has 2 aliphatic heterocycles. The first kappa shape index (κ1) is 76.5.